The van der Waals surface area contributed by atoms with Gasteiger partial charge in [0.15, 0.2) is 0 Å². The van der Waals surface area contributed by atoms with Crippen LogP contribution in [0.15, 0.2) is 36.8 Å². The number of amides is 1. The van der Waals surface area contributed by atoms with Crippen LogP contribution < -0.4 is 10.6 Å². The number of carbonyl (C=O) groups excluding carboxylic acids is 1. The second-order valence-electron chi connectivity index (χ2n) is 4.57. The Kier molecular flexibility index (Phi) is 6.25. The van der Waals surface area contributed by atoms with Crippen molar-refractivity contribution in [1.82, 2.24) is 20.3 Å². The number of pyridine rings is 1. The Hall–Kier alpha value is -2.54. The lowest BCUT2D eigenvalue weighted by Gasteiger charge is -2.07. The van der Waals surface area contributed by atoms with Gasteiger partial charge in [-0.15, -0.1) is 0 Å². The molecule has 2 N–H and O–H groups in total. The van der Waals surface area contributed by atoms with Crippen LogP contribution in [0.25, 0.3) is 0 Å². The van der Waals surface area contributed by atoms with Gasteiger partial charge in [0.05, 0.1) is 12.2 Å². The Morgan fingerprint density at radius 2 is 2.18 bits per heavy atom. The van der Waals surface area contributed by atoms with E-state index in [-0.39, 0.29) is 5.91 Å². The number of rotatable bonds is 8. The van der Waals surface area contributed by atoms with E-state index in [1.54, 1.807) is 19.4 Å². The Morgan fingerprint density at radius 3 is 2.95 bits per heavy atom. The van der Waals surface area contributed by atoms with Gasteiger partial charge in [0.1, 0.15) is 17.8 Å². The first kappa shape index (κ1) is 15.8. The van der Waals surface area contributed by atoms with Gasteiger partial charge < -0.3 is 15.4 Å². The molecule has 0 aromatic carbocycles. The van der Waals surface area contributed by atoms with Gasteiger partial charge in [-0.3, -0.25) is 9.78 Å². The van der Waals surface area contributed by atoms with E-state index in [0.717, 1.165) is 12.1 Å². The minimum Gasteiger partial charge on any atom is -0.385 e. The third-order valence-electron chi connectivity index (χ3n) is 2.89. The number of aromatic nitrogens is 3. The molecule has 2 aromatic rings. The van der Waals surface area contributed by atoms with Gasteiger partial charge in [-0.1, -0.05) is 6.07 Å². The van der Waals surface area contributed by atoms with Gasteiger partial charge in [-0.25, -0.2) is 9.97 Å². The molecule has 2 heterocycles. The normalized spacial score (nSPS) is 10.2. The standard InChI is InChI=1S/C15H19N5O2/c1-22-8-4-7-17-15(21)13-9-14(20-11-19-13)18-10-12-5-2-3-6-16-12/h2-3,5-6,9,11H,4,7-8,10H2,1H3,(H,17,21)(H,18,19,20). The first-order chi connectivity index (χ1) is 10.8. The van der Waals surface area contributed by atoms with Crippen molar-refractivity contribution in [3.8, 4) is 0 Å². The summed E-state index contributed by atoms with van der Waals surface area (Å²) in [6.07, 6.45) is 3.86. The monoisotopic (exact) mass is 301 g/mol. The summed E-state index contributed by atoms with van der Waals surface area (Å²) in [5, 5.41) is 5.90. The molecule has 0 aliphatic heterocycles. The topological polar surface area (TPSA) is 89.0 Å². The number of hydrogen-bond donors (Lipinski definition) is 2. The minimum absolute atomic E-state index is 0.223. The van der Waals surface area contributed by atoms with Crippen LogP contribution in [0.1, 0.15) is 22.6 Å². The summed E-state index contributed by atoms with van der Waals surface area (Å²) in [4.78, 5) is 24.2. The summed E-state index contributed by atoms with van der Waals surface area (Å²) < 4.78 is 4.93. The average Bonchev–Trinajstić information content (AvgIpc) is 2.58. The van der Waals surface area contributed by atoms with Crippen LogP contribution in [0.3, 0.4) is 0 Å². The number of ether oxygens (including phenoxy) is 1. The number of carbonyl (C=O) groups is 1. The lowest BCUT2D eigenvalue weighted by atomic mass is 10.3. The van der Waals surface area contributed by atoms with Crippen molar-refractivity contribution in [3.05, 3.63) is 48.2 Å². The summed E-state index contributed by atoms with van der Waals surface area (Å²) in [6.45, 7) is 1.70. The van der Waals surface area contributed by atoms with E-state index in [2.05, 4.69) is 25.6 Å². The van der Waals surface area contributed by atoms with Crippen LogP contribution in [-0.2, 0) is 11.3 Å². The molecule has 0 aliphatic rings. The van der Waals surface area contributed by atoms with Gasteiger partial charge in [0.25, 0.3) is 5.91 Å². The fourth-order valence-electron chi connectivity index (χ4n) is 1.77. The highest BCUT2D eigenvalue weighted by Crippen LogP contribution is 2.06. The van der Waals surface area contributed by atoms with Crippen LogP contribution in [0.4, 0.5) is 5.82 Å². The van der Waals surface area contributed by atoms with Gasteiger partial charge in [-0.2, -0.15) is 0 Å². The van der Waals surface area contributed by atoms with Gasteiger partial charge >= 0.3 is 0 Å². The number of nitrogens with one attached hydrogen (secondary N) is 2. The zero-order valence-corrected chi connectivity index (χ0v) is 12.5. The van der Waals surface area contributed by atoms with E-state index in [9.17, 15) is 4.79 Å². The number of anilines is 1. The lowest BCUT2D eigenvalue weighted by Crippen LogP contribution is -2.26. The average molecular weight is 301 g/mol. The van der Waals surface area contributed by atoms with Crippen molar-refractivity contribution in [3.63, 3.8) is 0 Å². The molecule has 0 spiro atoms. The SMILES string of the molecule is COCCCNC(=O)c1cc(NCc2ccccn2)ncn1. The van der Waals surface area contributed by atoms with Crippen LogP contribution in [-0.4, -0.2) is 41.1 Å². The quantitative estimate of drug-likeness (QED) is 0.713. The van der Waals surface area contributed by atoms with Crippen molar-refractivity contribution in [2.45, 2.75) is 13.0 Å². The van der Waals surface area contributed by atoms with Crippen LogP contribution in [0.5, 0.6) is 0 Å². The van der Waals surface area contributed by atoms with E-state index in [1.807, 2.05) is 18.2 Å². The molecule has 0 saturated heterocycles. The molecule has 2 rings (SSSR count). The van der Waals surface area contributed by atoms with Crippen molar-refractivity contribution in [2.75, 3.05) is 25.6 Å². The number of hydrogen-bond acceptors (Lipinski definition) is 6. The Morgan fingerprint density at radius 1 is 1.27 bits per heavy atom. The zero-order chi connectivity index (χ0) is 15.6. The maximum atomic E-state index is 12.0. The molecule has 0 bridgehead atoms. The number of nitrogens with zero attached hydrogens (tertiary/aromatic N) is 3. The molecule has 0 saturated carbocycles. The van der Waals surface area contributed by atoms with Gasteiger partial charge in [-0.05, 0) is 18.6 Å². The molecule has 7 nitrogen and oxygen atoms in total. The Bertz CT molecular complexity index is 591. The van der Waals surface area contributed by atoms with Crippen molar-refractivity contribution >= 4 is 11.7 Å². The third kappa shape index (κ3) is 5.10. The molecular weight excluding hydrogens is 282 g/mol. The highest BCUT2D eigenvalue weighted by Gasteiger charge is 2.08. The molecule has 22 heavy (non-hydrogen) atoms. The van der Waals surface area contributed by atoms with Gasteiger partial charge in [0, 0.05) is 32.5 Å². The second-order valence-corrected chi connectivity index (χ2v) is 4.57. The fraction of sp³-hybridized carbons (Fsp3) is 0.333. The molecule has 0 radical (unpaired) electrons. The van der Waals surface area contributed by atoms with Gasteiger partial charge in [0.2, 0.25) is 0 Å². The maximum absolute atomic E-state index is 12.0. The van der Waals surface area contributed by atoms with Crippen molar-refractivity contribution < 1.29 is 9.53 Å². The molecule has 0 aliphatic carbocycles. The second kappa shape index (κ2) is 8.68. The molecule has 0 fully saturated rings. The molecule has 2 aromatic heterocycles. The van der Waals surface area contributed by atoms with Crippen molar-refractivity contribution in [2.24, 2.45) is 0 Å². The summed E-state index contributed by atoms with van der Waals surface area (Å²) >= 11 is 0. The minimum atomic E-state index is -0.223. The summed E-state index contributed by atoms with van der Waals surface area (Å²) in [7, 11) is 1.63. The highest BCUT2D eigenvalue weighted by molar-refractivity contribution is 5.92. The first-order valence-corrected chi connectivity index (χ1v) is 7.02. The third-order valence-corrected chi connectivity index (χ3v) is 2.89. The van der Waals surface area contributed by atoms with Crippen LogP contribution in [0.2, 0.25) is 0 Å². The Balaban J connectivity index is 1.87. The molecule has 116 valence electrons. The summed E-state index contributed by atoms with van der Waals surface area (Å²) in [5.74, 6) is 0.363. The summed E-state index contributed by atoms with van der Waals surface area (Å²) in [6, 6.07) is 7.31. The van der Waals surface area contributed by atoms with Crippen LogP contribution in [0, 0.1) is 0 Å². The molecule has 1 amide bonds. The van der Waals surface area contributed by atoms with Crippen molar-refractivity contribution in [1.29, 1.82) is 0 Å². The van der Waals surface area contributed by atoms with Crippen LogP contribution >= 0.6 is 0 Å². The summed E-state index contributed by atoms with van der Waals surface area (Å²) in [5.41, 5.74) is 1.22. The molecule has 0 atom stereocenters. The first-order valence-electron chi connectivity index (χ1n) is 7.02. The fourth-order valence-corrected chi connectivity index (χ4v) is 1.77. The maximum Gasteiger partial charge on any atom is 0.270 e. The largest absolute Gasteiger partial charge is 0.385 e. The zero-order valence-electron chi connectivity index (χ0n) is 12.5. The lowest BCUT2D eigenvalue weighted by molar-refractivity contribution is 0.0943. The van der Waals surface area contributed by atoms with E-state index >= 15 is 0 Å². The van der Waals surface area contributed by atoms with E-state index in [1.165, 1.54) is 6.33 Å². The van der Waals surface area contributed by atoms with E-state index in [0.29, 0.717) is 31.2 Å². The Labute approximate surface area is 129 Å². The molecule has 7 heteroatoms. The molecule has 0 unspecified atom stereocenters. The molecular formula is C15H19N5O2. The predicted molar refractivity (Wildman–Crippen MR) is 82.4 cm³/mol. The number of methoxy groups -OCH3 is 1. The van der Waals surface area contributed by atoms with E-state index < -0.39 is 0 Å². The predicted octanol–water partition coefficient (Wildman–Crippen LogP) is 1.25. The smallest absolute Gasteiger partial charge is 0.270 e. The highest BCUT2D eigenvalue weighted by atomic mass is 16.5. The van der Waals surface area contributed by atoms with E-state index in [4.69, 9.17) is 4.74 Å².